The summed E-state index contributed by atoms with van der Waals surface area (Å²) < 4.78 is 12.3. The van der Waals surface area contributed by atoms with Crippen LogP contribution in [0.1, 0.15) is 0 Å². The molecule has 4 N–H and O–H groups in total. The zero-order chi connectivity index (χ0) is 37.7. The van der Waals surface area contributed by atoms with Gasteiger partial charge < -0.3 is 25.8 Å². The van der Waals surface area contributed by atoms with Crippen LogP contribution in [0.5, 0.6) is 11.5 Å². The third kappa shape index (κ3) is 9.52. The van der Waals surface area contributed by atoms with E-state index in [1.165, 1.54) is 10.8 Å². The molecule has 8 rings (SSSR count). The summed E-state index contributed by atoms with van der Waals surface area (Å²) in [7, 11) is 3.19. The van der Waals surface area contributed by atoms with Crippen LogP contribution in [0.4, 0.5) is 27.5 Å². The summed E-state index contributed by atoms with van der Waals surface area (Å²) in [4.78, 5) is 34.9. The van der Waals surface area contributed by atoms with Gasteiger partial charge in [0.25, 0.3) is 0 Å². The fourth-order valence-electron chi connectivity index (χ4n) is 5.11. The number of nitrogens with zero attached hydrogens (tertiary/aromatic N) is 3. The fourth-order valence-corrected chi connectivity index (χ4v) is 7.13. The van der Waals surface area contributed by atoms with Gasteiger partial charge in [0, 0.05) is 22.5 Å². The van der Waals surface area contributed by atoms with E-state index >= 15 is 0 Å². The Hall–Kier alpha value is -6.85. The quantitative estimate of drug-likeness (QED) is 0.0836. The first-order valence-corrected chi connectivity index (χ1v) is 18.2. The number of ether oxygens (including phenoxy) is 2. The number of fused-ring (bicyclic) bond motifs is 2. The molecule has 268 valence electrons. The van der Waals surface area contributed by atoms with Crippen molar-refractivity contribution in [3.8, 4) is 32.6 Å². The summed E-state index contributed by atoms with van der Waals surface area (Å²) in [6, 6.07) is 45.3. The van der Waals surface area contributed by atoms with E-state index in [0.717, 1.165) is 54.1 Å². The molecule has 2 heterocycles. The van der Waals surface area contributed by atoms with Gasteiger partial charge in [0.2, 0.25) is 6.08 Å². The molecule has 54 heavy (non-hydrogen) atoms. The van der Waals surface area contributed by atoms with Crippen molar-refractivity contribution in [2.24, 2.45) is 4.99 Å². The van der Waals surface area contributed by atoms with Crippen molar-refractivity contribution in [2.75, 3.05) is 30.6 Å². The van der Waals surface area contributed by atoms with E-state index < -0.39 is 0 Å². The lowest BCUT2D eigenvalue weighted by atomic mass is 10.2. The van der Waals surface area contributed by atoms with Crippen molar-refractivity contribution in [2.45, 2.75) is 0 Å². The number of hydrogen-bond acceptors (Lipinski definition) is 10. The Morgan fingerprint density at radius 1 is 0.630 bits per heavy atom. The van der Waals surface area contributed by atoms with Gasteiger partial charge in [-0.25, -0.2) is 19.6 Å². The number of amides is 2. The molecule has 0 unspecified atom stereocenters. The largest absolute Gasteiger partial charge is 0.497 e. The molecule has 10 nitrogen and oxygen atoms in total. The maximum atomic E-state index is 12.4. The van der Waals surface area contributed by atoms with Crippen LogP contribution in [0.3, 0.4) is 0 Å². The number of carbonyl (C=O) groups is 1. The number of urea groups is 1. The summed E-state index contributed by atoms with van der Waals surface area (Å²) >= 11 is 3.28. The highest BCUT2D eigenvalue weighted by Crippen LogP contribution is 2.35. The number of thiazole rings is 2. The predicted octanol–water partition coefficient (Wildman–Crippen LogP) is 10.8. The molecular weight excluding hydrogens is 717 g/mol. The van der Waals surface area contributed by atoms with Crippen LogP contribution in [-0.2, 0) is 4.79 Å². The predicted molar refractivity (Wildman–Crippen MR) is 221 cm³/mol. The number of anilines is 3. The number of methoxy groups -OCH3 is 2. The number of nitrogens with one attached hydrogen (secondary N) is 2. The van der Waals surface area contributed by atoms with Gasteiger partial charge in [0.1, 0.15) is 21.5 Å². The van der Waals surface area contributed by atoms with Crippen molar-refractivity contribution in [3.63, 3.8) is 0 Å². The smallest absolute Gasteiger partial charge is 0.323 e. The average Bonchev–Trinajstić information content (AvgIpc) is 3.84. The van der Waals surface area contributed by atoms with Crippen LogP contribution in [0.2, 0.25) is 0 Å². The van der Waals surface area contributed by atoms with E-state index in [1.807, 2.05) is 91.0 Å². The summed E-state index contributed by atoms with van der Waals surface area (Å²) in [6.07, 6.45) is 1.46. The van der Waals surface area contributed by atoms with Gasteiger partial charge >= 0.3 is 6.03 Å². The van der Waals surface area contributed by atoms with Gasteiger partial charge in [-0.1, -0.05) is 48.5 Å². The lowest BCUT2D eigenvalue weighted by Crippen LogP contribution is -2.19. The van der Waals surface area contributed by atoms with Gasteiger partial charge in [0.05, 0.1) is 46.0 Å². The van der Waals surface area contributed by atoms with Crippen LogP contribution >= 0.6 is 22.7 Å². The first-order chi connectivity index (χ1) is 26.4. The van der Waals surface area contributed by atoms with E-state index in [4.69, 9.17) is 15.2 Å². The van der Waals surface area contributed by atoms with Crippen LogP contribution < -0.4 is 25.8 Å². The van der Waals surface area contributed by atoms with Crippen LogP contribution in [0, 0.1) is 0 Å². The van der Waals surface area contributed by atoms with Gasteiger partial charge in [-0.05, 0) is 97.1 Å². The topological polar surface area (TPSA) is 141 Å². The summed E-state index contributed by atoms with van der Waals surface area (Å²) in [5, 5.41) is 7.60. The summed E-state index contributed by atoms with van der Waals surface area (Å²) in [5.41, 5.74) is 12.6. The van der Waals surface area contributed by atoms with Gasteiger partial charge in [-0.15, -0.1) is 22.7 Å². The third-order valence-electron chi connectivity index (χ3n) is 7.78. The number of isocyanates is 1. The molecule has 0 spiro atoms. The molecule has 0 fully saturated rings. The highest BCUT2D eigenvalue weighted by Gasteiger charge is 2.13. The zero-order valence-electron chi connectivity index (χ0n) is 29.2. The molecule has 12 heteroatoms. The van der Waals surface area contributed by atoms with Crippen molar-refractivity contribution in [3.05, 3.63) is 146 Å². The Morgan fingerprint density at radius 2 is 1.13 bits per heavy atom. The Balaban J connectivity index is 0.000000155. The molecule has 2 amide bonds. The number of para-hydroxylation sites is 4. The number of benzene rings is 6. The molecule has 6 aromatic carbocycles. The standard InChI is InChI=1S/C21H17N3O2S.C13H10N2S.C8H7NO2/c1-26-15-12-10-14(11-13-15)22-21(25)24-17-7-3-2-6-16(17)20-23-18-8-4-5-9-19(18)27-20;14-10-6-2-1-5-9(10)13-15-11-7-3-4-8-12(11)16-13;1-11-8-4-2-7(3-5-8)9-6-10/h2-13H,1H3,(H2,22,24,25);1-8H,14H2;2-5H,1H3. The molecule has 8 aromatic rings. The van der Waals surface area contributed by atoms with Gasteiger partial charge in [0.15, 0.2) is 0 Å². The molecule has 0 radical (unpaired) electrons. The van der Waals surface area contributed by atoms with E-state index in [-0.39, 0.29) is 6.03 Å². The van der Waals surface area contributed by atoms with Crippen molar-refractivity contribution >= 4 is 78.0 Å². The highest BCUT2D eigenvalue weighted by molar-refractivity contribution is 7.22. The maximum Gasteiger partial charge on any atom is 0.323 e. The number of nitrogens with two attached hydrogens (primary N) is 1. The number of aliphatic imine (C=N–C) groups is 1. The van der Waals surface area contributed by atoms with Crippen molar-refractivity contribution in [1.29, 1.82) is 0 Å². The minimum absolute atomic E-state index is 0.311. The minimum Gasteiger partial charge on any atom is -0.497 e. The molecule has 0 atom stereocenters. The molecule has 0 aliphatic rings. The molecule has 0 aliphatic heterocycles. The van der Waals surface area contributed by atoms with Crippen molar-refractivity contribution in [1.82, 2.24) is 9.97 Å². The monoisotopic (exact) mass is 750 g/mol. The fraction of sp³-hybridized carbons (Fsp3) is 0.0476. The number of aromatic nitrogens is 2. The first-order valence-electron chi connectivity index (χ1n) is 16.5. The Labute approximate surface area is 319 Å². The van der Waals surface area contributed by atoms with Gasteiger partial charge in [-0.3, -0.25) is 0 Å². The Bertz CT molecular complexity index is 2460. The lowest BCUT2D eigenvalue weighted by Gasteiger charge is -2.11. The molecule has 0 saturated heterocycles. The normalized spacial score (nSPS) is 10.2. The second kappa shape index (κ2) is 18.1. The summed E-state index contributed by atoms with van der Waals surface area (Å²) in [5.74, 6) is 1.48. The van der Waals surface area contributed by atoms with Crippen LogP contribution in [0.15, 0.2) is 151 Å². The van der Waals surface area contributed by atoms with E-state index in [1.54, 1.807) is 85.4 Å². The second-order valence-corrected chi connectivity index (χ2v) is 13.4. The molecule has 0 bridgehead atoms. The molecule has 0 saturated carbocycles. The van der Waals surface area contributed by atoms with E-state index in [2.05, 4.69) is 31.7 Å². The Morgan fingerprint density at radius 3 is 1.69 bits per heavy atom. The van der Waals surface area contributed by atoms with Gasteiger partial charge in [-0.2, -0.15) is 4.99 Å². The number of carbonyl (C=O) groups excluding carboxylic acids is 2. The minimum atomic E-state index is -0.311. The summed E-state index contributed by atoms with van der Waals surface area (Å²) in [6.45, 7) is 0. The second-order valence-electron chi connectivity index (χ2n) is 11.3. The lowest BCUT2D eigenvalue weighted by molar-refractivity contribution is 0.262. The first kappa shape index (κ1) is 36.9. The van der Waals surface area contributed by atoms with Crippen LogP contribution in [0.25, 0.3) is 41.6 Å². The third-order valence-corrected chi connectivity index (χ3v) is 9.92. The maximum absolute atomic E-state index is 12.4. The Kier molecular flexibility index (Phi) is 12.4. The number of rotatable bonds is 7. The SMILES string of the molecule is COc1ccc(N=C=O)cc1.COc1ccc(NC(=O)Nc2ccccc2-c2nc3ccccc3s2)cc1.Nc1ccccc1-c1nc2ccccc2s1. The van der Waals surface area contributed by atoms with E-state index in [0.29, 0.717) is 17.1 Å². The van der Waals surface area contributed by atoms with E-state index in [9.17, 15) is 9.59 Å². The number of hydrogen-bond donors (Lipinski definition) is 3. The zero-order valence-corrected chi connectivity index (χ0v) is 30.9. The average molecular weight is 751 g/mol. The molecule has 0 aliphatic carbocycles. The van der Waals surface area contributed by atoms with Crippen molar-refractivity contribution < 1.29 is 19.1 Å². The molecular formula is C42H34N6O4S2. The van der Waals surface area contributed by atoms with Crippen LogP contribution in [-0.4, -0.2) is 36.3 Å². The number of nitrogen functional groups attached to an aromatic ring is 1. The highest BCUT2D eigenvalue weighted by atomic mass is 32.1. The molecule has 2 aromatic heterocycles.